The summed E-state index contributed by atoms with van der Waals surface area (Å²) in [4.78, 5) is 35.2. The second-order valence-corrected chi connectivity index (χ2v) is 10.5. The number of carbonyl (C=O) groups excluding carboxylic acids is 2. The Labute approximate surface area is 215 Å². The van der Waals surface area contributed by atoms with Crippen LogP contribution in [0.2, 0.25) is 0 Å². The van der Waals surface area contributed by atoms with E-state index in [0.717, 1.165) is 24.3 Å². The van der Waals surface area contributed by atoms with Crippen LogP contribution < -0.4 is 4.90 Å². The molecule has 2 aromatic carbocycles. The van der Waals surface area contributed by atoms with E-state index >= 15 is 0 Å². The Bertz CT molecular complexity index is 1270. The number of aromatic nitrogens is 1. The molecule has 5 rings (SSSR count). The molecule has 0 aliphatic carbocycles. The largest absolute Gasteiger partial charge is 0.370 e. The van der Waals surface area contributed by atoms with Crippen molar-refractivity contribution in [3.63, 3.8) is 0 Å². The maximum absolute atomic E-state index is 14.4. The van der Waals surface area contributed by atoms with Gasteiger partial charge in [-0.05, 0) is 49.8 Å². The number of amides is 1. The van der Waals surface area contributed by atoms with Crippen molar-refractivity contribution in [2.75, 3.05) is 50.4 Å². The minimum absolute atomic E-state index is 0.0733. The third kappa shape index (κ3) is 4.48. The number of benzene rings is 2. The Morgan fingerprint density at radius 1 is 0.972 bits per heavy atom. The van der Waals surface area contributed by atoms with E-state index in [9.17, 15) is 14.0 Å². The average molecular weight is 507 g/mol. The van der Waals surface area contributed by atoms with Crippen molar-refractivity contribution in [3.05, 3.63) is 71.7 Å². The van der Waals surface area contributed by atoms with Crippen molar-refractivity contribution in [2.45, 2.75) is 25.2 Å². The van der Waals surface area contributed by atoms with Crippen LogP contribution in [-0.2, 0) is 10.2 Å². The zero-order valence-electron chi connectivity index (χ0n) is 20.7. The van der Waals surface area contributed by atoms with Crippen LogP contribution in [0.1, 0.15) is 35.7 Å². The van der Waals surface area contributed by atoms with Crippen molar-refractivity contribution in [3.8, 4) is 0 Å². The van der Waals surface area contributed by atoms with Crippen molar-refractivity contribution in [1.29, 1.82) is 0 Å². The quantitative estimate of drug-likeness (QED) is 0.474. The van der Waals surface area contributed by atoms with E-state index in [4.69, 9.17) is 0 Å². The van der Waals surface area contributed by atoms with Gasteiger partial charge in [0.1, 0.15) is 11.6 Å². The van der Waals surface area contributed by atoms with Crippen molar-refractivity contribution in [2.24, 2.45) is 0 Å². The predicted octanol–water partition coefficient (Wildman–Crippen LogP) is 4.54. The normalized spacial score (nSPS) is 18.4. The molecule has 0 unspecified atom stereocenters. The predicted molar refractivity (Wildman–Crippen MR) is 143 cm³/mol. The van der Waals surface area contributed by atoms with E-state index in [1.807, 2.05) is 41.5 Å². The number of rotatable bonds is 5. The van der Waals surface area contributed by atoms with Crippen molar-refractivity contribution >= 4 is 40.2 Å². The highest BCUT2D eigenvalue weighted by Gasteiger charge is 2.41. The molecule has 0 radical (unpaired) electrons. The molecule has 3 aromatic rings. The summed E-state index contributed by atoms with van der Waals surface area (Å²) < 4.78 is 16.7. The highest BCUT2D eigenvalue weighted by molar-refractivity contribution is 7.96. The van der Waals surface area contributed by atoms with Gasteiger partial charge < -0.3 is 9.80 Å². The number of hydrogen-bond acceptors (Lipinski definition) is 6. The summed E-state index contributed by atoms with van der Waals surface area (Å²) in [5.74, 6) is -0.277. The summed E-state index contributed by atoms with van der Waals surface area (Å²) in [5, 5.41) is 0.638. The van der Waals surface area contributed by atoms with Crippen molar-refractivity contribution in [1.82, 2.24) is 14.2 Å². The summed E-state index contributed by atoms with van der Waals surface area (Å²) in [7, 11) is 0. The number of hydrogen-bond donors (Lipinski definition) is 0. The first kappa shape index (κ1) is 24.7. The monoisotopic (exact) mass is 506 g/mol. The van der Waals surface area contributed by atoms with E-state index in [1.165, 1.54) is 12.1 Å². The zero-order valence-corrected chi connectivity index (χ0v) is 21.6. The third-order valence-electron chi connectivity index (χ3n) is 7.75. The summed E-state index contributed by atoms with van der Waals surface area (Å²) in [6.07, 6.45) is 4.95. The standard InChI is InChI=1S/C28H31FN4O2S/c1-20(34)28(21-6-4-3-5-7-21)10-12-31(13-11-28)26-23-18-22(29)8-9-25(23)30-19-24(26)27(35)32-14-16-33(36-2)17-15-32/h3-9,18-19H,10-17H2,1-2H3. The SMILES string of the molecule is CSN1CCN(C(=O)c2cnc3ccc(F)cc3c2N2CCC(C(C)=O)(c3ccccc3)CC2)CC1. The van der Waals surface area contributed by atoms with Crippen LogP contribution in [0.15, 0.2) is 54.7 Å². The lowest BCUT2D eigenvalue weighted by molar-refractivity contribution is -0.123. The minimum Gasteiger partial charge on any atom is -0.370 e. The van der Waals surface area contributed by atoms with Crippen molar-refractivity contribution < 1.29 is 14.0 Å². The molecular weight excluding hydrogens is 475 g/mol. The Balaban J connectivity index is 1.51. The molecule has 2 saturated heterocycles. The molecular formula is C28H31FN4O2S. The first-order valence-corrected chi connectivity index (χ1v) is 13.6. The second kappa shape index (κ2) is 10.2. The maximum atomic E-state index is 14.4. The number of piperazine rings is 1. The van der Waals surface area contributed by atoms with Crippen LogP contribution in [0.25, 0.3) is 10.9 Å². The summed E-state index contributed by atoms with van der Waals surface area (Å²) in [6.45, 7) is 5.74. The number of halogens is 1. The van der Waals surface area contributed by atoms with Gasteiger partial charge in [0.2, 0.25) is 0 Å². The van der Waals surface area contributed by atoms with E-state index in [2.05, 4.69) is 14.2 Å². The summed E-state index contributed by atoms with van der Waals surface area (Å²) >= 11 is 1.69. The van der Waals surface area contributed by atoms with Crippen LogP contribution in [0, 0.1) is 5.82 Å². The first-order chi connectivity index (χ1) is 17.4. The van der Waals surface area contributed by atoms with Gasteiger partial charge in [-0.2, -0.15) is 0 Å². The molecule has 8 heteroatoms. The topological polar surface area (TPSA) is 56.8 Å². The number of nitrogens with zero attached hydrogens (tertiary/aromatic N) is 4. The second-order valence-electron chi connectivity index (χ2n) is 9.58. The maximum Gasteiger partial charge on any atom is 0.257 e. The van der Waals surface area contributed by atoms with Crippen LogP contribution >= 0.6 is 11.9 Å². The van der Waals surface area contributed by atoms with Crippen LogP contribution in [-0.4, -0.2) is 71.4 Å². The molecule has 2 aliphatic rings. The Kier molecular flexibility index (Phi) is 6.99. The molecule has 0 spiro atoms. The van der Waals surface area contributed by atoms with E-state index in [-0.39, 0.29) is 17.5 Å². The smallest absolute Gasteiger partial charge is 0.257 e. The zero-order chi connectivity index (χ0) is 25.3. The molecule has 0 atom stereocenters. The minimum atomic E-state index is -0.551. The lowest BCUT2D eigenvalue weighted by Gasteiger charge is -2.42. The number of pyridine rings is 1. The van der Waals surface area contributed by atoms with Gasteiger partial charge >= 0.3 is 0 Å². The lowest BCUT2D eigenvalue weighted by atomic mass is 9.70. The van der Waals surface area contributed by atoms with Crippen LogP contribution in [0.3, 0.4) is 0 Å². The van der Waals surface area contributed by atoms with E-state index < -0.39 is 5.41 Å². The number of ketones is 1. The fraction of sp³-hybridized carbons (Fsp3) is 0.393. The third-order valence-corrected chi connectivity index (χ3v) is 8.63. The van der Waals surface area contributed by atoms with Gasteiger partial charge in [-0.3, -0.25) is 14.6 Å². The number of fused-ring (bicyclic) bond motifs is 1. The molecule has 2 fully saturated rings. The summed E-state index contributed by atoms with van der Waals surface area (Å²) in [6, 6.07) is 14.5. The molecule has 1 aromatic heterocycles. The molecule has 1 amide bonds. The molecule has 0 saturated carbocycles. The highest BCUT2D eigenvalue weighted by atomic mass is 32.2. The molecule has 0 N–H and O–H groups in total. The summed E-state index contributed by atoms with van der Waals surface area (Å²) in [5.41, 5.74) is 2.36. The molecule has 0 bridgehead atoms. The Hall–Kier alpha value is -2.97. The van der Waals surface area contributed by atoms with E-state index in [1.54, 1.807) is 31.1 Å². The Morgan fingerprint density at radius 2 is 1.67 bits per heavy atom. The molecule has 6 nitrogen and oxygen atoms in total. The number of anilines is 1. The van der Waals surface area contributed by atoms with E-state index in [0.29, 0.717) is 55.5 Å². The molecule has 188 valence electrons. The van der Waals surface area contributed by atoms with Crippen LogP contribution in [0.4, 0.5) is 10.1 Å². The van der Waals surface area contributed by atoms with Gasteiger partial charge in [0.15, 0.2) is 0 Å². The molecule has 3 heterocycles. The number of carbonyl (C=O) groups is 2. The first-order valence-electron chi connectivity index (χ1n) is 12.4. The van der Waals surface area contributed by atoms with Gasteiger partial charge in [-0.25, -0.2) is 8.70 Å². The van der Waals surface area contributed by atoms with Gasteiger partial charge in [0, 0.05) is 50.9 Å². The Morgan fingerprint density at radius 3 is 2.31 bits per heavy atom. The molecule has 36 heavy (non-hydrogen) atoms. The van der Waals surface area contributed by atoms with Crippen LogP contribution in [0.5, 0.6) is 0 Å². The number of piperidine rings is 1. The number of Topliss-reactive ketones (excluding diaryl/α,β-unsaturated/α-hetero) is 1. The fourth-order valence-electron chi connectivity index (χ4n) is 5.61. The molecule has 2 aliphatic heterocycles. The van der Waals surface area contributed by atoms with Gasteiger partial charge in [0.25, 0.3) is 5.91 Å². The van der Waals surface area contributed by atoms with Gasteiger partial charge in [-0.15, -0.1) is 0 Å². The van der Waals surface area contributed by atoms with Gasteiger partial charge in [-0.1, -0.05) is 42.3 Å². The average Bonchev–Trinajstić information content (AvgIpc) is 2.92. The van der Waals surface area contributed by atoms with Gasteiger partial charge in [0.05, 0.1) is 22.2 Å². The fourth-order valence-corrected chi connectivity index (χ4v) is 6.13. The highest BCUT2D eigenvalue weighted by Crippen LogP contribution is 2.40. The lowest BCUT2D eigenvalue weighted by Crippen LogP contribution is -2.48.